The second-order valence-corrected chi connectivity index (χ2v) is 3.62. The van der Waals surface area contributed by atoms with E-state index in [9.17, 15) is 0 Å². The topological polar surface area (TPSA) is 93.7 Å². The first-order valence-corrected chi connectivity index (χ1v) is 5.30. The molecular formula is C10H15N7. The molecule has 0 aliphatic heterocycles. The zero-order chi connectivity index (χ0) is 12.1. The molecule has 0 spiro atoms. The maximum Gasteiger partial charge on any atom is 0.239 e. The standard InChI is InChI=1S/C10H15N7/c1-8-6-14-17(7-8)5-4-12-9-2-3-13-10(15-9)16-11/h2-3,6-7H,4-5,11H2,1H3,(H2,12,13,15,16). The number of nitrogens with zero attached hydrogens (tertiary/aromatic N) is 4. The van der Waals surface area contributed by atoms with Crippen molar-refractivity contribution in [3.8, 4) is 0 Å². The first-order valence-electron chi connectivity index (χ1n) is 5.30. The molecular weight excluding hydrogens is 218 g/mol. The lowest BCUT2D eigenvalue weighted by Gasteiger charge is -2.06. The van der Waals surface area contributed by atoms with Crippen molar-refractivity contribution in [1.29, 1.82) is 0 Å². The number of rotatable bonds is 5. The Bertz CT molecular complexity index is 479. The van der Waals surface area contributed by atoms with Crippen molar-refractivity contribution in [2.75, 3.05) is 17.3 Å². The van der Waals surface area contributed by atoms with Crippen LogP contribution in [0, 0.1) is 6.92 Å². The van der Waals surface area contributed by atoms with Gasteiger partial charge in [0.05, 0.1) is 12.7 Å². The summed E-state index contributed by atoms with van der Waals surface area (Å²) in [6, 6.07) is 1.79. The number of hydrazine groups is 1. The summed E-state index contributed by atoms with van der Waals surface area (Å²) in [7, 11) is 0. The molecule has 0 aromatic carbocycles. The predicted molar refractivity (Wildman–Crippen MR) is 65.3 cm³/mol. The number of hydrogen-bond acceptors (Lipinski definition) is 6. The maximum atomic E-state index is 5.22. The highest BCUT2D eigenvalue weighted by Crippen LogP contribution is 2.04. The largest absolute Gasteiger partial charge is 0.368 e. The molecule has 0 saturated heterocycles. The van der Waals surface area contributed by atoms with Gasteiger partial charge in [-0.2, -0.15) is 10.1 Å². The molecule has 2 heterocycles. The van der Waals surface area contributed by atoms with Crippen LogP contribution in [0.4, 0.5) is 11.8 Å². The van der Waals surface area contributed by atoms with Crippen LogP contribution >= 0.6 is 0 Å². The number of nitrogen functional groups attached to an aromatic ring is 1. The molecule has 0 radical (unpaired) electrons. The van der Waals surface area contributed by atoms with Crippen LogP contribution in [0.5, 0.6) is 0 Å². The minimum atomic E-state index is 0.393. The molecule has 90 valence electrons. The van der Waals surface area contributed by atoms with E-state index in [-0.39, 0.29) is 0 Å². The van der Waals surface area contributed by atoms with Crippen LogP contribution in [-0.2, 0) is 6.54 Å². The van der Waals surface area contributed by atoms with E-state index in [1.807, 2.05) is 24.0 Å². The van der Waals surface area contributed by atoms with Crippen LogP contribution in [0.2, 0.25) is 0 Å². The fourth-order valence-corrected chi connectivity index (χ4v) is 1.41. The first kappa shape index (κ1) is 11.3. The van der Waals surface area contributed by atoms with E-state index < -0.39 is 0 Å². The minimum Gasteiger partial charge on any atom is -0.368 e. The van der Waals surface area contributed by atoms with Crippen molar-refractivity contribution >= 4 is 11.8 Å². The van der Waals surface area contributed by atoms with Crippen LogP contribution < -0.4 is 16.6 Å². The molecule has 7 heteroatoms. The Morgan fingerprint density at radius 3 is 3.06 bits per heavy atom. The van der Waals surface area contributed by atoms with Gasteiger partial charge < -0.3 is 5.32 Å². The zero-order valence-corrected chi connectivity index (χ0v) is 9.59. The molecule has 2 rings (SSSR count). The van der Waals surface area contributed by atoms with Gasteiger partial charge in [-0.15, -0.1) is 0 Å². The molecule has 2 aromatic heterocycles. The molecule has 0 atom stereocenters. The molecule has 7 nitrogen and oxygen atoms in total. The van der Waals surface area contributed by atoms with E-state index in [0.29, 0.717) is 5.95 Å². The van der Waals surface area contributed by atoms with Crippen LogP contribution in [0.1, 0.15) is 5.56 Å². The summed E-state index contributed by atoms with van der Waals surface area (Å²) in [5.74, 6) is 6.35. The summed E-state index contributed by atoms with van der Waals surface area (Å²) in [5, 5.41) is 7.36. The maximum absolute atomic E-state index is 5.22. The average molecular weight is 233 g/mol. The van der Waals surface area contributed by atoms with E-state index in [1.54, 1.807) is 12.3 Å². The number of hydrogen-bond donors (Lipinski definition) is 3. The molecule has 0 unspecified atom stereocenters. The van der Waals surface area contributed by atoms with Gasteiger partial charge in [-0.25, -0.2) is 10.8 Å². The van der Waals surface area contributed by atoms with E-state index in [0.717, 1.165) is 24.5 Å². The Hall–Kier alpha value is -2.15. The van der Waals surface area contributed by atoms with Gasteiger partial charge in [0.2, 0.25) is 5.95 Å². The Morgan fingerprint density at radius 1 is 1.47 bits per heavy atom. The van der Waals surface area contributed by atoms with E-state index in [1.165, 1.54) is 0 Å². The summed E-state index contributed by atoms with van der Waals surface area (Å²) in [4.78, 5) is 8.06. The van der Waals surface area contributed by atoms with Crippen molar-refractivity contribution in [3.05, 3.63) is 30.2 Å². The highest BCUT2D eigenvalue weighted by atomic mass is 15.3. The average Bonchev–Trinajstić information content (AvgIpc) is 2.75. The third-order valence-electron chi connectivity index (χ3n) is 2.19. The van der Waals surface area contributed by atoms with Crippen LogP contribution in [-0.4, -0.2) is 26.3 Å². The van der Waals surface area contributed by atoms with Crippen molar-refractivity contribution in [2.24, 2.45) is 5.84 Å². The van der Waals surface area contributed by atoms with Gasteiger partial charge in [0.15, 0.2) is 0 Å². The van der Waals surface area contributed by atoms with Crippen molar-refractivity contribution in [2.45, 2.75) is 13.5 Å². The van der Waals surface area contributed by atoms with Crippen LogP contribution in [0.3, 0.4) is 0 Å². The lowest BCUT2D eigenvalue weighted by atomic mass is 10.4. The number of aromatic nitrogens is 4. The Morgan fingerprint density at radius 2 is 2.35 bits per heavy atom. The summed E-state index contributed by atoms with van der Waals surface area (Å²) < 4.78 is 1.88. The van der Waals surface area contributed by atoms with Gasteiger partial charge in [-0.3, -0.25) is 10.1 Å². The molecule has 0 fully saturated rings. The molecule has 0 aliphatic carbocycles. The Labute approximate surface area is 99.0 Å². The molecule has 2 aromatic rings. The smallest absolute Gasteiger partial charge is 0.239 e. The number of nitrogens with two attached hydrogens (primary N) is 1. The van der Waals surface area contributed by atoms with Crippen LogP contribution in [0.25, 0.3) is 0 Å². The van der Waals surface area contributed by atoms with Crippen LogP contribution in [0.15, 0.2) is 24.7 Å². The number of anilines is 2. The van der Waals surface area contributed by atoms with Gasteiger partial charge in [0.25, 0.3) is 0 Å². The summed E-state index contributed by atoms with van der Waals surface area (Å²) in [5.41, 5.74) is 3.55. The Kier molecular flexibility index (Phi) is 3.51. The predicted octanol–water partition coefficient (Wildman–Crippen LogP) is 0.379. The fourth-order valence-electron chi connectivity index (χ4n) is 1.41. The normalized spacial score (nSPS) is 10.2. The van der Waals surface area contributed by atoms with E-state index in [2.05, 4.69) is 25.8 Å². The number of nitrogens with one attached hydrogen (secondary N) is 2. The molecule has 0 aliphatic rings. The summed E-state index contributed by atoms with van der Waals surface area (Å²) in [6.07, 6.45) is 5.47. The highest BCUT2D eigenvalue weighted by molar-refractivity contribution is 5.38. The van der Waals surface area contributed by atoms with E-state index >= 15 is 0 Å². The highest BCUT2D eigenvalue weighted by Gasteiger charge is 1.97. The zero-order valence-electron chi connectivity index (χ0n) is 9.59. The lowest BCUT2D eigenvalue weighted by molar-refractivity contribution is 0.636. The second kappa shape index (κ2) is 5.26. The first-order chi connectivity index (χ1) is 8.28. The second-order valence-electron chi connectivity index (χ2n) is 3.62. The molecule has 0 bridgehead atoms. The van der Waals surface area contributed by atoms with Gasteiger partial charge in [-0.1, -0.05) is 0 Å². The van der Waals surface area contributed by atoms with Crippen molar-refractivity contribution in [3.63, 3.8) is 0 Å². The third-order valence-corrected chi connectivity index (χ3v) is 2.19. The fraction of sp³-hybridized carbons (Fsp3) is 0.300. The monoisotopic (exact) mass is 233 g/mol. The lowest BCUT2D eigenvalue weighted by Crippen LogP contribution is -2.14. The van der Waals surface area contributed by atoms with Crippen molar-refractivity contribution in [1.82, 2.24) is 19.7 Å². The van der Waals surface area contributed by atoms with Crippen molar-refractivity contribution < 1.29 is 0 Å². The minimum absolute atomic E-state index is 0.393. The third kappa shape index (κ3) is 3.15. The SMILES string of the molecule is Cc1cnn(CCNc2ccnc(NN)n2)c1. The quantitative estimate of drug-likeness (QED) is 0.510. The summed E-state index contributed by atoms with van der Waals surface area (Å²) >= 11 is 0. The van der Waals surface area contributed by atoms with E-state index in [4.69, 9.17) is 5.84 Å². The van der Waals surface area contributed by atoms with Gasteiger partial charge >= 0.3 is 0 Å². The molecule has 0 saturated carbocycles. The molecule has 0 amide bonds. The van der Waals surface area contributed by atoms with Gasteiger partial charge in [0, 0.05) is 18.9 Å². The molecule has 17 heavy (non-hydrogen) atoms. The van der Waals surface area contributed by atoms with Gasteiger partial charge in [-0.05, 0) is 18.6 Å². The van der Waals surface area contributed by atoms with Gasteiger partial charge in [0.1, 0.15) is 5.82 Å². The number of aryl methyl sites for hydroxylation is 1. The molecule has 4 N–H and O–H groups in total. The Balaban J connectivity index is 1.85. The summed E-state index contributed by atoms with van der Waals surface area (Å²) in [6.45, 7) is 3.53.